The summed E-state index contributed by atoms with van der Waals surface area (Å²) in [5, 5.41) is 18.3. The number of hydrogen-bond acceptors (Lipinski definition) is 4. The van der Waals surface area contributed by atoms with E-state index in [0.29, 0.717) is 46.2 Å². The topological polar surface area (TPSA) is 103 Å². The maximum Gasteiger partial charge on any atom is 0.255 e. The zero-order valence-corrected chi connectivity index (χ0v) is 25.0. The van der Waals surface area contributed by atoms with Gasteiger partial charge in [-0.3, -0.25) is 9.59 Å². The number of H-pyrrole nitrogens is 1. The number of benzene rings is 3. The van der Waals surface area contributed by atoms with Crippen molar-refractivity contribution in [3.8, 4) is 16.9 Å². The molecule has 0 aliphatic heterocycles. The van der Waals surface area contributed by atoms with Gasteiger partial charge in [0.1, 0.15) is 5.75 Å². The van der Waals surface area contributed by atoms with Crippen LogP contribution in [-0.4, -0.2) is 47.2 Å². The van der Waals surface area contributed by atoms with Crippen molar-refractivity contribution in [3.05, 3.63) is 86.5 Å². The summed E-state index contributed by atoms with van der Waals surface area (Å²) in [6, 6.07) is 14.5. The predicted molar refractivity (Wildman–Crippen MR) is 163 cm³/mol. The molecule has 1 aliphatic carbocycles. The molecule has 0 bridgehead atoms. The second-order valence-corrected chi connectivity index (χ2v) is 11.7. The Hall–Kier alpha value is -3.52. The van der Waals surface area contributed by atoms with Gasteiger partial charge in [0, 0.05) is 30.1 Å². The minimum absolute atomic E-state index is 0.158. The average molecular weight is 595 g/mol. The van der Waals surface area contributed by atoms with Gasteiger partial charge in [-0.25, -0.2) is 0 Å². The fraction of sp³-hybridized carbons (Fsp3) is 0.312. The van der Waals surface area contributed by atoms with Crippen molar-refractivity contribution in [1.82, 2.24) is 15.6 Å². The van der Waals surface area contributed by atoms with Gasteiger partial charge in [-0.15, -0.1) is 0 Å². The summed E-state index contributed by atoms with van der Waals surface area (Å²) in [7, 11) is 1.55. The van der Waals surface area contributed by atoms with E-state index < -0.39 is 5.54 Å². The van der Waals surface area contributed by atoms with Crippen LogP contribution in [0.5, 0.6) is 5.75 Å². The van der Waals surface area contributed by atoms with Crippen molar-refractivity contribution < 1.29 is 19.4 Å². The van der Waals surface area contributed by atoms with Crippen molar-refractivity contribution in [2.75, 3.05) is 13.7 Å². The van der Waals surface area contributed by atoms with Crippen LogP contribution in [0.1, 0.15) is 57.8 Å². The van der Waals surface area contributed by atoms with Gasteiger partial charge in [0.05, 0.1) is 39.4 Å². The molecule has 7 nitrogen and oxygen atoms in total. The van der Waals surface area contributed by atoms with Crippen LogP contribution in [0.4, 0.5) is 0 Å². The Balaban J connectivity index is 1.50. The smallest absolute Gasteiger partial charge is 0.255 e. The molecule has 0 spiro atoms. The Morgan fingerprint density at radius 2 is 1.78 bits per heavy atom. The Labute approximate surface area is 249 Å². The first kappa shape index (κ1) is 29.0. The molecule has 0 radical (unpaired) electrons. The normalized spacial score (nSPS) is 16.5. The molecule has 2 amide bonds. The number of aliphatic hydroxyl groups excluding tert-OH is 1. The third kappa shape index (κ3) is 5.54. The molecular weight excluding hydrogens is 561 g/mol. The third-order valence-corrected chi connectivity index (χ3v) is 8.50. The highest BCUT2D eigenvalue weighted by atomic mass is 35.5. The van der Waals surface area contributed by atoms with Gasteiger partial charge in [-0.1, -0.05) is 41.4 Å². The highest BCUT2D eigenvalue weighted by molar-refractivity contribution is 6.36. The molecule has 1 atom stereocenters. The second kappa shape index (κ2) is 11.4. The van der Waals surface area contributed by atoms with Gasteiger partial charge >= 0.3 is 0 Å². The summed E-state index contributed by atoms with van der Waals surface area (Å²) in [4.78, 5) is 29.5. The number of amides is 2. The van der Waals surface area contributed by atoms with Crippen molar-refractivity contribution >= 4 is 45.9 Å². The number of fused-ring (bicyclic) bond motifs is 3. The Morgan fingerprint density at radius 1 is 1.05 bits per heavy atom. The summed E-state index contributed by atoms with van der Waals surface area (Å²) < 4.78 is 6.01. The van der Waals surface area contributed by atoms with Gasteiger partial charge < -0.3 is 25.5 Å². The van der Waals surface area contributed by atoms with E-state index in [-0.39, 0.29) is 24.5 Å². The molecule has 41 heavy (non-hydrogen) atoms. The van der Waals surface area contributed by atoms with E-state index in [1.54, 1.807) is 37.4 Å². The van der Waals surface area contributed by atoms with Gasteiger partial charge in [-0.05, 0) is 86.2 Å². The highest BCUT2D eigenvalue weighted by Gasteiger charge is 2.38. The molecule has 214 valence electrons. The lowest BCUT2D eigenvalue weighted by atomic mass is 9.79. The number of carbonyl (C=O) groups is 2. The minimum atomic E-state index is -0.879. The monoisotopic (exact) mass is 593 g/mol. The van der Waals surface area contributed by atoms with Gasteiger partial charge in [0.25, 0.3) is 11.8 Å². The van der Waals surface area contributed by atoms with Gasteiger partial charge in [0.15, 0.2) is 0 Å². The maximum atomic E-state index is 13.9. The van der Waals surface area contributed by atoms with Crippen molar-refractivity contribution in [3.63, 3.8) is 0 Å². The predicted octanol–water partition coefficient (Wildman–Crippen LogP) is 6.25. The number of aromatic nitrogens is 1. The van der Waals surface area contributed by atoms with E-state index in [9.17, 15) is 14.7 Å². The fourth-order valence-corrected chi connectivity index (χ4v) is 6.06. The van der Waals surface area contributed by atoms with Crippen LogP contribution >= 0.6 is 23.2 Å². The number of nitrogens with one attached hydrogen (secondary N) is 3. The molecule has 1 heterocycles. The first-order valence-corrected chi connectivity index (χ1v) is 14.4. The standard InChI is InChI=1S/C32H33Cl2N3O4/c1-17(2)41-27-10-7-19(20-6-8-21(24(33)14-20)30(39)35-4)13-22(27)31(40)37-32(16-38)12-11-25-23(15-32)28-26(36-25)9-5-18(3)29(28)34/h5-10,13-14,17,36,38H,11-12,15-16H2,1-4H3,(H,35,39)(H,37,40). The summed E-state index contributed by atoms with van der Waals surface area (Å²) in [5.41, 5.74) is 5.33. The van der Waals surface area contributed by atoms with Crippen LogP contribution in [0.25, 0.3) is 22.0 Å². The molecule has 0 saturated carbocycles. The number of halogens is 2. The molecule has 0 fully saturated rings. The second-order valence-electron chi connectivity index (χ2n) is 10.9. The lowest BCUT2D eigenvalue weighted by molar-refractivity contribution is 0.0802. The van der Waals surface area contributed by atoms with Crippen LogP contribution in [0.15, 0.2) is 48.5 Å². The lowest BCUT2D eigenvalue weighted by Crippen LogP contribution is -2.54. The van der Waals surface area contributed by atoms with Crippen LogP contribution in [0, 0.1) is 6.92 Å². The van der Waals surface area contributed by atoms with Gasteiger partial charge in [0.2, 0.25) is 0 Å². The van der Waals surface area contributed by atoms with Crippen LogP contribution in [0.2, 0.25) is 10.0 Å². The molecular formula is C32H33Cl2N3O4. The van der Waals surface area contributed by atoms with E-state index in [2.05, 4.69) is 15.6 Å². The molecule has 4 N–H and O–H groups in total. The third-order valence-electron chi connectivity index (χ3n) is 7.70. The summed E-state index contributed by atoms with van der Waals surface area (Å²) in [5.74, 6) is -0.196. The first-order valence-electron chi connectivity index (χ1n) is 13.6. The molecule has 1 unspecified atom stereocenters. The van der Waals surface area contributed by atoms with Crippen LogP contribution in [-0.2, 0) is 12.8 Å². The summed E-state index contributed by atoms with van der Waals surface area (Å²) >= 11 is 13.1. The molecule has 3 aromatic carbocycles. The fourth-order valence-electron chi connectivity index (χ4n) is 5.51. The largest absolute Gasteiger partial charge is 0.490 e. The number of carbonyl (C=O) groups excluding carboxylic acids is 2. The SMILES string of the molecule is CNC(=O)c1ccc(-c2ccc(OC(C)C)c(C(=O)NC3(CO)CCc4[nH]c5ccc(C)c(Cl)c5c4C3)c2)cc1Cl. The van der Waals surface area contributed by atoms with Gasteiger partial charge in [-0.2, -0.15) is 0 Å². The van der Waals surface area contributed by atoms with Crippen molar-refractivity contribution in [2.24, 2.45) is 0 Å². The molecule has 0 saturated heterocycles. The number of aliphatic hydroxyl groups is 1. The Kier molecular flexibility index (Phi) is 8.06. The zero-order chi connectivity index (χ0) is 29.5. The van der Waals surface area contributed by atoms with Crippen molar-refractivity contribution in [1.29, 1.82) is 0 Å². The molecule has 1 aliphatic rings. The molecule has 5 rings (SSSR count). The maximum absolute atomic E-state index is 13.9. The number of ether oxygens (including phenoxy) is 1. The van der Waals surface area contributed by atoms with E-state index >= 15 is 0 Å². The summed E-state index contributed by atoms with van der Waals surface area (Å²) in [6.45, 7) is 5.53. The number of rotatable bonds is 7. The molecule has 9 heteroatoms. The first-order chi connectivity index (χ1) is 19.6. The molecule has 1 aromatic heterocycles. The zero-order valence-electron chi connectivity index (χ0n) is 23.5. The molecule has 4 aromatic rings. The highest BCUT2D eigenvalue weighted by Crippen LogP contribution is 2.39. The lowest BCUT2D eigenvalue weighted by Gasteiger charge is -2.37. The van der Waals surface area contributed by atoms with E-state index in [1.165, 1.54) is 0 Å². The van der Waals surface area contributed by atoms with E-state index in [0.717, 1.165) is 38.9 Å². The average Bonchev–Trinajstić information content (AvgIpc) is 3.32. The number of hydrogen-bond donors (Lipinski definition) is 4. The number of aromatic amines is 1. The minimum Gasteiger partial charge on any atom is -0.490 e. The van der Waals surface area contributed by atoms with E-state index in [4.69, 9.17) is 27.9 Å². The Morgan fingerprint density at radius 3 is 2.46 bits per heavy atom. The van der Waals surface area contributed by atoms with Crippen LogP contribution in [0.3, 0.4) is 0 Å². The van der Waals surface area contributed by atoms with Crippen molar-refractivity contribution in [2.45, 2.75) is 51.7 Å². The summed E-state index contributed by atoms with van der Waals surface area (Å²) in [6.07, 6.45) is 1.49. The number of aryl methyl sites for hydroxylation is 2. The Bertz CT molecular complexity index is 1660. The quantitative estimate of drug-likeness (QED) is 0.203. The van der Waals surface area contributed by atoms with Crippen LogP contribution < -0.4 is 15.4 Å². The van der Waals surface area contributed by atoms with E-state index in [1.807, 2.05) is 39.0 Å².